The first-order chi connectivity index (χ1) is 9.95. The number of halogens is 3. The molecular formula is C16H16Cl2FNO. The fraction of sp³-hybridized carbons (Fsp3) is 0.250. The lowest BCUT2D eigenvalue weighted by molar-refractivity contribution is 0.306. The van der Waals surface area contributed by atoms with Crippen LogP contribution in [0.4, 0.5) is 4.39 Å². The van der Waals surface area contributed by atoms with Crippen molar-refractivity contribution in [2.75, 3.05) is 0 Å². The van der Waals surface area contributed by atoms with E-state index in [2.05, 4.69) is 0 Å². The number of benzene rings is 2. The normalized spacial score (nSPS) is 12.2. The summed E-state index contributed by atoms with van der Waals surface area (Å²) >= 11 is 12.2. The van der Waals surface area contributed by atoms with Crippen LogP contribution in [0.2, 0.25) is 10.0 Å². The number of nitrogens with two attached hydrogens (primary N) is 1. The third-order valence-corrected chi connectivity index (χ3v) is 3.61. The summed E-state index contributed by atoms with van der Waals surface area (Å²) in [6.45, 7) is 2.09. The van der Waals surface area contributed by atoms with Gasteiger partial charge in [0, 0.05) is 16.6 Å². The average Bonchev–Trinajstić information content (AvgIpc) is 2.41. The van der Waals surface area contributed by atoms with E-state index in [9.17, 15) is 4.39 Å². The Hall–Kier alpha value is -1.29. The van der Waals surface area contributed by atoms with Gasteiger partial charge in [-0.15, -0.1) is 0 Å². The fourth-order valence-corrected chi connectivity index (χ4v) is 2.40. The fourth-order valence-electron chi connectivity index (χ4n) is 1.97. The van der Waals surface area contributed by atoms with Crippen LogP contribution in [0.3, 0.4) is 0 Å². The van der Waals surface area contributed by atoms with Gasteiger partial charge in [0.2, 0.25) is 0 Å². The van der Waals surface area contributed by atoms with Crippen molar-refractivity contribution >= 4 is 23.2 Å². The largest absolute Gasteiger partial charge is 0.487 e. The maximum absolute atomic E-state index is 13.2. The maximum atomic E-state index is 13.2. The zero-order chi connectivity index (χ0) is 15.4. The minimum atomic E-state index is -0.351. The third kappa shape index (κ3) is 4.60. The Balaban J connectivity index is 2.08. The monoisotopic (exact) mass is 327 g/mol. The Kier molecular flexibility index (Phi) is 5.45. The Labute approximate surface area is 133 Å². The van der Waals surface area contributed by atoms with Crippen LogP contribution in [0, 0.1) is 5.82 Å². The molecule has 0 radical (unpaired) electrons. The second-order valence-corrected chi connectivity index (χ2v) is 5.78. The lowest BCUT2D eigenvalue weighted by atomic mass is 10.1. The summed E-state index contributed by atoms with van der Waals surface area (Å²) in [7, 11) is 0. The Morgan fingerprint density at radius 2 is 1.90 bits per heavy atom. The molecule has 0 fully saturated rings. The molecule has 0 aliphatic rings. The molecule has 2 N–H and O–H groups in total. The first-order valence-electron chi connectivity index (χ1n) is 6.56. The molecule has 1 unspecified atom stereocenters. The van der Waals surface area contributed by atoms with Crippen LogP contribution in [0.1, 0.15) is 18.1 Å². The summed E-state index contributed by atoms with van der Waals surface area (Å²) in [6, 6.07) is 9.75. The van der Waals surface area contributed by atoms with Crippen LogP contribution in [0.25, 0.3) is 0 Å². The molecule has 2 rings (SSSR count). The van der Waals surface area contributed by atoms with Gasteiger partial charge in [-0.3, -0.25) is 0 Å². The molecule has 0 bridgehead atoms. The van der Waals surface area contributed by atoms with E-state index in [1.165, 1.54) is 18.2 Å². The SMILES string of the molecule is CC(N)Cc1ccc(OCc2cc(F)ccc2Cl)c(Cl)c1. The topological polar surface area (TPSA) is 35.2 Å². The standard InChI is InChI=1S/C16H16Cl2FNO/c1-10(20)6-11-2-5-16(15(18)7-11)21-9-12-8-13(19)3-4-14(12)17/h2-5,7-8,10H,6,9,20H2,1H3. The lowest BCUT2D eigenvalue weighted by Gasteiger charge is -2.11. The quantitative estimate of drug-likeness (QED) is 0.870. The highest BCUT2D eigenvalue weighted by atomic mass is 35.5. The molecule has 2 aromatic rings. The van der Waals surface area contributed by atoms with Crippen LogP contribution in [0.5, 0.6) is 5.75 Å². The molecule has 0 saturated heterocycles. The molecule has 0 spiro atoms. The second kappa shape index (κ2) is 7.12. The second-order valence-electron chi connectivity index (χ2n) is 4.97. The van der Waals surface area contributed by atoms with Crippen molar-refractivity contribution in [3.63, 3.8) is 0 Å². The molecule has 0 amide bonds. The number of ether oxygens (including phenoxy) is 1. The first-order valence-corrected chi connectivity index (χ1v) is 7.32. The summed E-state index contributed by atoms with van der Waals surface area (Å²) < 4.78 is 18.8. The molecule has 5 heteroatoms. The van der Waals surface area contributed by atoms with Crippen molar-refractivity contribution in [1.29, 1.82) is 0 Å². The van der Waals surface area contributed by atoms with Crippen LogP contribution >= 0.6 is 23.2 Å². The van der Waals surface area contributed by atoms with Crippen LogP contribution in [0.15, 0.2) is 36.4 Å². The summed E-state index contributed by atoms with van der Waals surface area (Å²) in [5.74, 6) is 0.182. The van der Waals surface area contributed by atoms with Crippen molar-refractivity contribution in [1.82, 2.24) is 0 Å². The highest BCUT2D eigenvalue weighted by molar-refractivity contribution is 6.32. The van der Waals surface area contributed by atoms with Crippen molar-refractivity contribution < 1.29 is 9.13 Å². The van der Waals surface area contributed by atoms with Gasteiger partial charge in [-0.25, -0.2) is 4.39 Å². The summed E-state index contributed by atoms with van der Waals surface area (Å²) in [4.78, 5) is 0. The summed E-state index contributed by atoms with van der Waals surface area (Å²) in [6.07, 6.45) is 0.746. The third-order valence-electron chi connectivity index (χ3n) is 2.94. The average molecular weight is 328 g/mol. The molecule has 0 aromatic heterocycles. The van der Waals surface area contributed by atoms with Crippen molar-refractivity contribution in [2.24, 2.45) is 5.73 Å². The van der Waals surface area contributed by atoms with Gasteiger partial charge in [0.15, 0.2) is 0 Å². The molecule has 2 nitrogen and oxygen atoms in total. The van der Waals surface area contributed by atoms with E-state index in [4.69, 9.17) is 33.7 Å². The van der Waals surface area contributed by atoms with Gasteiger partial charge in [-0.1, -0.05) is 29.3 Å². The molecule has 1 atom stereocenters. The molecule has 0 heterocycles. The van der Waals surface area contributed by atoms with Crippen molar-refractivity contribution in [3.8, 4) is 5.75 Å². The zero-order valence-electron chi connectivity index (χ0n) is 11.6. The molecule has 2 aromatic carbocycles. The maximum Gasteiger partial charge on any atom is 0.138 e. The first kappa shape index (κ1) is 16.1. The lowest BCUT2D eigenvalue weighted by Crippen LogP contribution is -2.17. The summed E-state index contributed by atoms with van der Waals surface area (Å²) in [5, 5.41) is 0.960. The predicted octanol–water partition coefficient (Wildman–Crippen LogP) is 4.60. The summed E-state index contributed by atoms with van der Waals surface area (Å²) in [5.41, 5.74) is 7.38. The number of hydrogen-bond acceptors (Lipinski definition) is 2. The van der Waals surface area contributed by atoms with Gasteiger partial charge < -0.3 is 10.5 Å². The molecule has 112 valence electrons. The number of rotatable bonds is 5. The smallest absolute Gasteiger partial charge is 0.138 e. The highest BCUT2D eigenvalue weighted by Gasteiger charge is 2.07. The number of hydrogen-bond donors (Lipinski definition) is 1. The van der Waals surface area contributed by atoms with Crippen LogP contribution in [-0.4, -0.2) is 6.04 Å². The predicted molar refractivity (Wildman–Crippen MR) is 84.5 cm³/mol. The van der Waals surface area contributed by atoms with Gasteiger partial charge in [-0.2, -0.15) is 0 Å². The van der Waals surface area contributed by atoms with E-state index < -0.39 is 0 Å². The van der Waals surface area contributed by atoms with Gasteiger partial charge in [0.05, 0.1) is 5.02 Å². The van der Waals surface area contributed by atoms with Gasteiger partial charge >= 0.3 is 0 Å². The molecule has 0 saturated carbocycles. The van der Waals surface area contributed by atoms with E-state index in [1.54, 1.807) is 6.07 Å². The van der Waals surface area contributed by atoms with E-state index in [1.807, 2.05) is 19.1 Å². The van der Waals surface area contributed by atoms with E-state index >= 15 is 0 Å². The molecule has 0 aliphatic heterocycles. The Morgan fingerprint density at radius 1 is 1.14 bits per heavy atom. The van der Waals surface area contributed by atoms with Gasteiger partial charge in [0.25, 0.3) is 0 Å². The van der Waals surface area contributed by atoms with Gasteiger partial charge in [0.1, 0.15) is 18.2 Å². The van der Waals surface area contributed by atoms with E-state index in [0.717, 1.165) is 12.0 Å². The molecule has 0 aliphatic carbocycles. The molecule has 21 heavy (non-hydrogen) atoms. The molecular weight excluding hydrogens is 312 g/mol. The zero-order valence-corrected chi connectivity index (χ0v) is 13.1. The highest BCUT2D eigenvalue weighted by Crippen LogP contribution is 2.28. The van der Waals surface area contributed by atoms with E-state index in [0.29, 0.717) is 21.4 Å². The van der Waals surface area contributed by atoms with Crippen LogP contribution < -0.4 is 10.5 Å². The minimum Gasteiger partial charge on any atom is -0.487 e. The Morgan fingerprint density at radius 3 is 2.57 bits per heavy atom. The van der Waals surface area contributed by atoms with Gasteiger partial charge in [-0.05, 0) is 49.2 Å². The van der Waals surface area contributed by atoms with Crippen molar-refractivity contribution in [3.05, 3.63) is 63.4 Å². The van der Waals surface area contributed by atoms with Crippen molar-refractivity contribution in [2.45, 2.75) is 26.0 Å². The van der Waals surface area contributed by atoms with Crippen LogP contribution in [-0.2, 0) is 13.0 Å². The Bertz CT molecular complexity index is 632. The minimum absolute atomic E-state index is 0.0685. The van der Waals surface area contributed by atoms with E-state index in [-0.39, 0.29) is 18.5 Å².